The number of esters is 1. The van der Waals surface area contributed by atoms with E-state index in [2.05, 4.69) is 11.8 Å². The van der Waals surface area contributed by atoms with E-state index in [1.807, 2.05) is 6.92 Å². The zero-order valence-electron chi connectivity index (χ0n) is 10.4. The van der Waals surface area contributed by atoms with E-state index in [-0.39, 0.29) is 5.97 Å². The summed E-state index contributed by atoms with van der Waals surface area (Å²) in [5, 5.41) is 0. The first-order valence-corrected chi connectivity index (χ1v) is 6.60. The van der Waals surface area contributed by atoms with Gasteiger partial charge in [0.1, 0.15) is 0 Å². The molecule has 1 aliphatic heterocycles. The molecule has 2 aliphatic rings. The van der Waals surface area contributed by atoms with Gasteiger partial charge in [-0.3, -0.25) is 9.69 Å². The van der Waals surface area contributed by atoms with Crippen molar-refractivity contribution in [3.05, 3.63) is 0 Å². The largest absolute Gasteiger partial charge is 0.466 e. The summed E-state index contributed by atoms with van der Waals surface area (Å²) in [5.41, 5.74) is 0. The molecule has 2 rings (SSSR count). The topological polar surface area (TPSA) is 29.5 Å². The molecule has 3 heteroatoms. The van der Waals surface area contributed by atoms with Gasteiger partial charge in [0.15, 0.2) is 0 Å². The third-order valence-corrected chi connectivity index (χ3v) is 4.15. The van der Waals surface area contributed by atoms with E-state index in [1.165, 1.54) is 32.4 Å². The number of nitrogens with zero attached hydrogens (tertiary/aromatic N) is 1. The Labute approximate surface area is 98.1 Å². The fraction of sp³-hybridized carbons (Fsp3) is 0.923. The molecule has 0 aromatic rings. The molecule has 3 atom stereocenters. The normalized spacial score (nSPS) is 31.4. The van der Waals surface area contributed by atoms with Gasteiger partial charge in [-0.15, -0.1) is 0 Å². The minimum atomic E-state index is -0.0490. The van der Waals surface area contributed by atoms with E-state index < -0.39 is 0 Å². The van der Waals surface area contributed by atoms with Crippen LogP contribution in [0.3, 0.4) is 0 Å². The van der Waals surface area contributed by atoms with Crippen molar-refractivity contribution in [3.8, 4) is 0 Å². The Hall–Kier alpha value is -0.570. The average Bonchev–Trinajstić information content (AvgIpc) is 2.76. The van der Waals surface area contributed by atoms with Crippen LogP contribution in [0.4, 0.5) is 0 Å². The summed E-state index contributed by atoms with van der Waals surface area (Å²) in [5.74, 6) is 1.77. The minimum absolute atomic E-state index is 0.0490. The fourth-order valence-corrected chi connectivity index (χ4v) is 3.22. The second-order valence-corrected chi connectivity index (χ2v) is 5.26. The second-order valence-electron chi connectivity index (χ2n) is 5.26. The predicted molar refractivity (Wildman–Crippen MR) is 63.1 cm³/mol. The highest BCUT2D eigenvalue weighted by Gasteiger charge is 2.37. The molecular weight excluding hydrogens is 202 g/mol. The Morgan fingerprint density at radius 2 is 2.00 bits per heavy atom. The summed E-state index contributed by atoms with van der Waals surface area (Å²) in [6, 6.07) is 0.352. The van der Waals surface area contributed by atoms with Gasteiger partial charge in [0, 0.05) is 19.1 Å². The van der Waals surface area contributed by atoms with Crippen molar-refractivity contribution in [2.24, 2.45) is 11.8 Å². The monoisotopic (exact) mass is 225 g/mol. The molecular formula is C13H23NO2. The lowest BCUT2D eigenvalue weighted by Crippen LogP contribution is -2.33. The van der Waals surface area contributed by atoms with Gasteiger partial charge in [-0.05, 0) is 38.5 Å². The summed E-state index contributed by atoms with van der Waals surface area (Å²) in [6.07, 6.45) is 4.75. The van der Waals surface area contributed by atoms with Gasteiger partial charge in [-0.25, -0.2) is 0 Å². The standard InChI is InChI=1S/C13H23NO2/c1-3-16-13(15)7-10(2)14-8-11-5-4-6-12(11)9-14/h10-12H,3-9H2,1-2H3. The average molecular weight is 225 g/mol. The third-order valence-electron chi connectivity index (χ3n) is 4.15. The van der Waals surface area contributed by atoms with Crippen LogP contribution in [-0.2, 0) is 9.53 Å². The van der Waals surface area contributed by atoms with Gasteiger partial charge in [0.2, 0.25) is 0 Å². The smallest absolute Gasteiger partial charge is 0.307 e. The SMILES string of the molecule is CCOC(=O)CC(C)N1CC2CCCC2C1. The molecule has 2 fully saturated rings. The van der Waals surface area contributed by atoms with Crippen molar-refractivity contribution in [2.45, 2.75) is 45.6 Å². The lowest BCUT2D eigenvalue weighted by molar-refractivity contribution is -0.144. The number of fused-ring (bicyclic) bond motifs is 1. The number of carbonyl (C=O) groups excluding carboxylic acids is 1. The lowest BCUT2D eigenvalue weighted by Gasteiger charge is -2.24. The number of carbonyl (C=O) groups is 1. The van der Waals surface area contributed by atoms with Gasteiger partial charge >= 0.3 is 5.97 Å². The Balaban J connectivity index is 1.78. The van der Waals surface area contributed by atoms with Gasteiger partial charge in [0.05, 0.1) is 13.0 Å². The summed E-state index contributed by atoms with van der Waals surface area (Å²) < 4.78 is 5.00. The molecule has 1 heterocycles. The lowest BCUT2D eigenvalue weighted by atomic mass is 10.0. The van der Waals surface area contributed by atoms with Crippen LogP contribution >= 0.6 is 0 Å². The third kappa shape index (κ3) is 2.57. The molecule has 0 aromatic heterocycles. The zero-order valence-corrected chi connectivity index (χ0v) is 10.4. The van der Waals surface area contributed by atoms with Crippen LogP contribution < -0.4 is 0 Å². The van der Waals surface area contributed by atoms with E-state index in [1.54, 1.807) is 0 Å². The first-order valence-electron chi connectivity index (χ1n) is 6.60. The molecule has 16 heavy (non-hydrogen) atoms. The van der Waals surface area contributed by atoms with E-state index in [4.69, 9.17) is 4.74 Å². The molecule has 0 radical (unpaired) electrons. The maximum atomic E-state index is 11.4. The quantitative estimate of drug-likeness (QED) is 0.686. The van der Waals surface area contributed by atoms with Crippen molar-refractivity contribution in [3.63, 3.8) is 0 Å². The fourth-order valence-electron chi connectivity index (χ4n) is 3.22. The predicted octanol–water partition coefficient (Wildman–Crippen LogP) is 2.06. The van der Waals surface area contributed by atoms with Crippen LogP contribution in [0.2, 0.25) is 0 Å². The summed E-state index contributed by atoms with van der Waals surface area (Å²) >= 11 is 0. The number of ether oxygens (including phenoxy) is 1. The first-order chi connectivity index (χ1) is 7.70. The molecule has 1 aliphatic carbocycles. The molecule has 0 bridgehead atoms. The first kappa shape index (κ1) is 11.9. The van der Waals surface area contributed by atoms with E-state index in [0.29, 0.717) is 19.1 Å². The van der Waals surface area contributed by atoms with Crippen LogP contribution in [0.25, 0.3) is 0 Å². The van der Waals surface area contributed by atoms with Crippen molar-refractivity contribution >= 4 is 5.97 Å². The molecule has 0 amide bonds. The Morgan fingerprint density at radius 1 is 1.38 bits per heavy atom. The summed E-state index contributed by atoms with van der Waals surface area (Å²) in [4.78, 5) is 13.9. The molecule has 0 spiro atoms. The Morgan fingerprint density at radius 3 is 2.56 bits per heavy atom. The summed E-state index contributed by atoms with van der Waals surface area (Å²) in [7, 11) is 0. The van der Waals surface area contributed by atoms with Crippen LogP contribution in [0, 0.1) is 11.8 Å². The number of likely N-dealkylation sites (tertiary alicyclic amines) is 1. The Kier molecular flexibility index (Phi) is 3.85. The van der Waals surface area contributed by atoms with E-state index in [0.717, 1.165) is 11.8 Å². The molecule has 0 N–H and O–H groups in total. The highest BCUT2D eigenvalue weighted by atomic mass is 16.5. The highest BCUT2D eigenvalue weighted by molar-refractivity contribution is 5.70. The van der Waals surface area contributed by atoms with Crippen LogP contribution in [0.5, 0.6) is 0 Å². The van der Waals surface area contributed by atoms with Crippen molar-refractivity contribution < 1.29 is 9.53 Å². The summed E-state index contributed by atoms with van der Waals surface area (Å²) in [6.45, 7) is 6.91. The molecule has 1 saturated heterocycles. The van der Waals surface area contributed by atoms with Crippen molar-refractivity contribution in [1.29, 1.82) is 0 Å². The number of rotatable bonds is 4. The van der Waals surface area contributed by atoms with E-state index in [9.17, 15) is 4.79 Å². The molecule has 1 saturated carbocycles. The van der Waals surface area contributed by atoms with Gasteiger partial charge in [0.25, 0.3) is 0 Å². The van der Waals surface area contributed by atoms with Crippen LogP contribution in [0.1, 0.15) is 39.5 Å². The highest BCUT2D eigenvalue weighted by Crippen LogP contribution is 2.38. The van der Waals surface area contributed by atoms with Crippen molar-refractivity contribution in [1.82, 2.24) is 4.90 Å². The zero-order chi connectivity index (χ0) is 11.5. The van der Waals surface area contributed by atoms with Crippen LogP contribution in [-0.4, -0.2) is 36.6 Å². The van der Waals surface area contributed by atoms with E-state index >= 15 is 0 Å². The second kappa shape index (κ2) is 5.17. The molecule has 3 nitrogen and oxygen atoms in total. The van der Waals surface area contributed by atoms with Crippen LogP contribution in [0.15, 0.2) is 0 Å². The Bertz CT molecular complexity index is 242. The van der Waals surface area contributed by atoms with Gasteiger partial charge in [-0.1, -0.05) is 6.42 Å². The maximum Gasteiger partial charge on any atom is 0.307 e. The molecule has 3 unspecified atom stereocenters. The number of hydrogen-bond acceptors (Lipinski definition) is 3. The molecule has 0 aromatic carbocycles. The molecule has 92 valence electrons. The van der Waals surface area contributed by atoms with Gasteiger partial charge < -0.3 is 4.74 Å². The van der Waals surface area contributed by atoms with Crippen molar-refractivity contribution in [2.75, 3.05) is 19.7 Å². The maximum absolute atomic E-state index is 11.4. The van der Waals surface area contributed by atoms with Gasteiger partial charge in [-0.2, -0.15) is 0 Å². The number of hydrogen-bond donors (Lipinski definition) is 0. The minimum Gasteiger partial charge on any atom is -0.466 e.